The summed E-state index contributed by atoms with van der Waals surface area (Å²) in [6, 6.07) is 10.0. The molecule has 1 aliphatic heterocycles. The number of hydrogen-bond donors (Lipinski definition) is 1. The van der Waals surface area contributed by atoms with Crippen molar-refractivity contribution in [1.29, 1.82) is 0 Å². The van der Waals surface area contributed by atoms with Crippen molar-refractivity contribution < 1.29 is 9.59 Å². The van der Waals surface area contributed by atoms with E-state index in [2.05, 4.69) is 5.32 Å². The SMILES string of the molecule is Cc1cccc(N2C(=O)CC(Nc3cccc(Cl)c3Cl)C2=O)c1C. The topological polar surface area (TPSA) is 49.4 Å². The van der Waals surface area contributed by atoms with Gasteiger partial charge in [0.1, 0.15) is 6.04 Å². The van der Waals surface area contributed by atoms with E-state index in [4.69, 9.17) is 23.2 Å². The van der Waals surface area contributed by atoms with Gasteiger partial charge >= 0.3 is 0 Å². The molecule has 1 heterocycles. The van der Waals surface area contributed by atoms with Gasteiger partial charge < -0.3 is 5.32 Å². The molecule has 4 nitrogen and oxygen atoms in total. The van der Waals surface area contributed by atoms with Crippen molar-refractivity contribution in [2.75, 3.05) is 10.2 Å². The van der Waals surface area contributed by atoms with Gasteiger partial charge in [0.2, 0.25) is 5.91 Å². The number of anilines is 2. The molecule has 0 aromatic heterocycles. The predicted octanol–water partition coefficient (Wildman–Crippen LogP) is 4.35. The number of aryl methyl sites for hydroxylation is 1. The first-order chi connectivity index (χ1) is 11.4. The summed E-state index contributed by atoms with van der Waals surface area (Å²) in [7, 11) is 0. The molecular weight excluding hydrogens is 347 g/mol. The Labute approximate surface area is 150 Å². The molecular formula is C18H16Cl2N2O2. The number of halogens is 2. The molecule has 0 bridgehead atoms. The maximum atomic E-state index is 12.7. The van der Waals surface area contributed by atoms with Crippen LogP contribution in [-0.4, -0.2) is 17.9 Å². The Balaban J connectivity index is 1.89. The molecule has 0 saturated carbocycles. The molecule has 2 amide bonds. The average molecular weight is 363 g/mol. The van der Waals surface area contributed by atoms with E-state index in [1.807, 2.05) is 26.0 Å². The fourth-order valence-corrected chi connectivity index (χ4v) is 3.13. The van der Waals surface area contributed by atoms with Crippen LogP contribution in [0.4, 0.5) is 11.4 Å². The molecule has 0 radical (unpaired) electrons. The van der Waals surface area contributed by atoms with Crippen molar-refractivity contribution in [1.82, 2.24) is 0 Å². The minimum absolute atomic E-state index is 0.0784. The molecule has 124 valence electrons. The molecule has 1 fully saturated rings. The number of imide groups is 1. The van der Waals surface area contributed by atoms with Gasteiger partial charge in [0.25, 0.3) is 5.91 Å². The van der Waals surface area contributed by atoms with Crippen LogP contribution in [0, 0.1) is 13.8 Å². The van der Waals surface area contributed by atoms with E-state index < -0.39 is 6.04 Å². The lowest BCUT2D eigenvalue weighted by atomic mass is 10.1. The summed E-state index contributed by atoms with van der Waals surface area (Å²) in [6.07, 6.45) is 0.0784. The van der Waals surface area contributed by atoms with Gasteiger partial charge in [-0.25, -0.2) is 4.90 Å². The first-order valence-corrected chi connectivity index (χ1v) is 8.29. The number of nitrogens with zero attached hydrogens (tertiary/aromatic N) is 1. The Hall–Kier alpha value is -2.04. The molecule has 1 atom stereocenters. The number of benzene rings is 2. The molecule has 0 aliphatic carbocycles. The van der Waals surface area contributed by atoms with E-state index in [9.17, 15) is 9.59 Å². The highest BCUT2D eigenvalue weighted by Gasteiger charge is 2.40. The number of hydrogen-bond acceptors (Lipinski definition) is 3. The monoisotopic (exact) mass is 362 g/mol. The largest absolute Gasteiger partial charge is 0.372 e. The van der Waals surface area contributed by atoms with E-state index in [0.29, 0.717) is 21.4 Å². The summed E-state index contributed by atoms with van der Waals surface area (Å²) < 4.78 is 0. The van der Waals surface area contributed by atoms with Crippen molar-refractivity contribution in [3.05, 3.63) is 57.6 Å². The Morgan fingerprint density at radius 3 is 2.54 bits per heavy atom. The summed E-state index contributed by atoms with van der Waals surface area (Å²) in [5, 5.41) is 3.77. The van der Waals surface area contributed by atoms with Crippen LogP contribution in [0.15, 0.2) is 36.4 Å². The summed E-state index contributed by atoms with van der Waals surface area (Å²) >= 11 is 12.1. The quantitative estimate of drug-likeness (QED) is 0.825. The maximum absolute atomic E-state index is 12.7. The highest BCUT2D eigenvalue weighted by Crippen LogP contribution is 2.33. The van der Waals surface area contributed by atoms with Gasteiger partial charge in [-0.05, 0) is 43.2 Å². The van der Waals surface area contributed by atoms with Gasteiger partial charge in [-0.15, -0.1) is 0 Å². The molecule has 3 rings (SSSR count). The molecule has 0 spiro atoms. The number of nitrogens with one attached hydrogen (secondary N) is 1. The lowest BCUT2D eigenvalue weighted by Crippen LogP contribution is -2.35. The van der Waals surface area contributed by atoms with Crippen LogP contribution in [-0.2, 0) is 9.59 Å². The fourth-order valence-electron chi connectivity index (χ4n) is 2.78. The summed E-state index contributed by atoms with van der Waals surface area (Å²) in [4.78, 5) is 26.4. The third kappa shape index (κ3) is 2.87. The van der Waals surface area contributed by atoms with Crippen molar-refractivity contribution in [2.45, 2.75) is 26.3 Å². The normalized spacial score (nSPS) is 17.5. The number of carbonyl (C=O) groups is 2. The van der Waals surface area contributed by atoms with Gasteiger partial charge in [0.15, 0.2) is 0 Å². The number of amides is 2. The zero-order valence-corrected chi connectivity index (χ0v) is 14.8. The first kappa shape index (κ1) is 16.8. The molecule has 24 heavy (non-hydrogen) atoms. The van der Waals surface area contributed by atoms with Crippen LogP contribution in [0.2, 0.25) is 10.0 Å². The standard InChI is InChI=1S/C18H16Cl2N2O2/c1-10-5-3-8-15(11(10)2)22-16(23)9-14(18(22)24)21-13-7-4-6-12(19)17(13)20/h3-8,14,21H,9H2,1-2H3. The van der Waals surface area contributed by atoms with Crippen LogP contribution in [0.5, 0.6) is 0 Å². The number of rotatable bonds is 3. The van der Waals surface area contributed by atoms with Crippen LogP contribution < -0.4 is 10.2 Å². The lowest BCUT2D eigenvalue weighted by molar-refractivity contribution is -0.121. The second kappa shape index (κ2) is 6.46. The van der Waals surface area contributed by atoms with Crippen LogP contribution in [0.25, 0.3) is 0 Å². The molecule has 1 N–H and O–H groups in total. The molecule has 2 aromatic carbocycles. The van der Waals surface area contributed by atoms with Gasteiger partial charge in [0.05, 0.1) is 27.8 Å². The Morgan fingerprint density at radius 1 is 1.08 bits per heavy atom. The van der Waals surface area contributed by atoms with Gasteiger partial charge in [-0.1, -0.05) is 41.4 Å². The Bertz CT molecular complexity index is 836. The summed E-state index contributed by atoms with van der Waals surface area (Å²) in [5.41, 5.74) is 3.12. The Morgan fingerprint density at radius 2 is 1.79 bits per heavy atom. The highest BCUT2D eigenvalue weighted by atomic mass is 35.5. The second-order valence-electron chi connectivity index (χ2n) is 5.79. The van der Waals surface area contributed by atoms with Crippen LogP contribution in [0.1, 0.15) is 17.5 Å². The minimum atomic E-state index is -0.659. The van der Waals surface area contributed by atoms with E-state index in [-0.39, 0.29) is 18.2 Å². The Kier molecular flexibility index (Phi) is 4.52. The molecule has 6 heteroatoms. The molecule has 1 saturated heterocycles. The van der Waals surface area contributed by atoms with Crippen molar-refractivity contribution >= 4 is 46.4 Å². The third-order valence-electron chi connectivity index (χ3n) is 4.24. The molecule has 1 unspecified atom stereocenters. The second-order valence-corrected chi connectivity index (χ2v) is 6.57. The highest BCUT2D eigenvalue weighted by molar-refractivity contribution is 6.43. The van der Waals surface area contributed by atoms with E-state index in [1.165, 1.54) is 4.90 Å². The summed E-state index contributed by atoms with van der Waals surface area (Å²) in [6.45, 7) is 3.85. The fraction of sp³-hybridized carbons (Fsp3) is 0.222. The molecule has 2 aromatic rings. The van der Waals surface area contributed by atoms with Gasteiger partial charge in [0, 0.05) is 0 Å². The maximum Gasteiger partial charge on any atom is 0.256 e. The lowest BCUT2D eigenvalue weighted by Gasteiger charge is -2.19. The average Bonchev–Trinajstić information content (AvgIpc) is 2.81. The van der Waals surface area contributed by atoms with E-state index in [1.54, 1.807) is 24.3 Å². The van der Waals surface area contributed by atoms with E-state index in [0.717, 1.165) is 11.1 Å². The smallest absolute Gasteiger partial charge is 0.256 e. The van der Waals surface area contributed by atoms with Gasteiger partial charge in [-0.3, -0.25) is 9.59 Å². The van der Waals surface area contributed by atoms with Crippen LogP contribution >= 0.6 is 23.2 Å². The van der Waals surface area contributed by atoms with E-state index >= 15 is 0 Å². The zero-order valence-electron chi connectivity index (χ0n) is 13.3. The third-order valence-corrected chi connectivity index (χ3v) is 5.06. The summed E-state index contributed by atoms with van der Waals surface area (Å²) in [5.74, 6) is -0.519. The van der Waals surface area contributed by atoms with Crippen molar-refractivity contribution in [2.24, 2.45) is 0 Å². The van der Waals surface area contributed by atoms with Gasteiger partial charge in [-0.2, -0.15) is 0 Å². The molecule has 1 aliphatic rings. The first-order valence-electron chi connectivity index (χ1n) is 7.53. The zero-order chi connectivity index (χ0) is 17.4. The van der Waals surface area contributed by atoms with Crippen molar-refractivity contribution in [3.63, 3.8) is 0 Å². The number of carbonyl (C=O) groups excluding carboxylic acids is 2. The predicted molar refractivity (Wildman–Crippen MR) is 96.9 cm³/mol. The van der Waals surface area contributed by atoms with Crippen LogP contribution in [0.3, 0.4) is 0 Å². The van der Waals surface area contributed by atoms with Crippen molar-refractivity contribution in [3.8, 4) is 0 Å². The minimum Gasteiger partial charge on any atom is -0.372 e.